The molecule has 0 radical (unpaired) electrons. The minimum Gasteiger partial charge on any atom is -0.490 e. The Bertz CT molecular complexity index is 1350. The molecule has 0 fully saturated rings. The van der Waals surface area contributed by atoms with Crippen LogP contribution in [0, 0.1) is 0 Å². The highest BCUT2D eigenvalue weighted by molar-refractivity contribution is 6.22. The van der Waals surface area contributed by atoms with Crippen LogP contribution in [0.3, 0.4) is 0 Å². The number of nitrogens with zero attached hydrogens (tertiary/aromatic N) is 3. The topological polar surface area (TPSA) is 71.5 Å². The standard InChI is InChI=1S/C22H17N5O/c1-3-7-16-14(5-1)20-18(25-16)11-19-21(15-6-2-4-8-17(15)26-19)22(20)28-10-9-27-13-23-12-24-27/h1-8,11-13,25-26H,9-10H2. The maximum Gasteiger partial charge on any atom is 0.139 e. The highest BCUT2D eigenvalue weighted by Crippen LogP contribution is 2.42. The first-order chi connectivity index (χ1) is 13.9. The number of H-pyrrole nitrogens is 2. The first kappa shape index (κ1) is 15.3. The van der Waals surface area contributed by atoms with E-state index in [0.29, 0.717) is 13.2 Å². The molecule has 6 rings (SSSR count). The van der Waals surface area contributed by atoms with Crippen LogP contribution in [0.1, 0.15) is 0 Å². The molecule has 28 heavy (non-hydrogen) atoms. The predicted octanol–water partition coefficient (Wildman–Crippen LogP) is 4.63. The Morgan fingerprint density at radius 2 is 1.46 bits per heavy atom. The van der Waals surface area contributed by atoms with Crippen LogP contribution in [-0.4, -0.2) is 31.3 Å². The van der Waals surface area contributed by atoms with Crippen molar-refractivity contribution in [2.75, 3.05) is 6.61 Å². The summed E-state index contributed by atoms with van der Waals surface area (Å²) in [5.74, 6) is 0.905. The van der Waals surface area contributed by atoms with E-state index in [2.05, 4.69) is 62.5 Å². The van der Waals surface area contributed by atoms with Gasteiger partial charge in [0.1, 0.15) is 25.0 Å². The van der Waals surface area contributed by atoms with Crippen molar-refractivity contribution in [1.82, 2.24) is 24.7 Å². The summed E-state index contributed by atoms with van der Waals surface area (Å²) in [4.78, 5) is 11.1. The van der Waals surface area contributed by atoms with Gasteiger partial charge in [-0.05, 0) is 18.2 Å². The quantitative estimate of drug-likeness (QED) is 0.477. The third-order valence-electron chi connectivity index (χ3n) is 5.25. The summed E-state index contributed by atoms with van der Waals surface area (Å²) in [5.41, 5.74) is 4.35. The highest BCUT2D eigenvalue weighted by Gasteiger charge is 2.17. The average Bonchev–Trinajstić information content (AvgIpc) is 3.43. The first-order valence-electron chi connectivity index (χ1n) is 9.27. The van der Waals surface area contributed by atoms with E-state index in [9.17, 15) is 0 Å². The summed E-state index contributed by atoms with van der Waals surface area (Å²) in [5, 5.41) is 8.73. The van der Waals surface area contributed by atoms with E-state index in [1.807, 2.05) is 12.1 Å². The molecule has 0 saturated carbocycles. The van der Waals surface area contributed by atoms with Crippen molar-refractivity contribution in [3.63, 3.8) is 0 Å². The minimum absolute atomic E-state index is 0.511. The van der Waals surface area contributed by atoms with Gasteiger partial charge in [-0.3, -0.25) is 0 Å². The number of para-hydroxylation sites is 2. The van der Waals surface area contributed by atoms with Crippen LogP contribution in [0.15, 0.2) is 67.3 Å². The molecule has 0 aliphatic rings. The second kappa shape index (κ2) is 5.85. The van der Waals surface area contributed by atoms with Crippen LogP contribution in [0.25, 0.3) is 43.6 Å². The van der Waals surface area contributed by atoms with E-state index in [1.54, 1.807) is 11.0 Å². The van der Waals surface area contributed by atoms with Crippen LogP contribution in [-0.2, 0) is 6.54 Å². The van der Waals surface area contributed by atoms with E-state index in [0.717, 1.165) is 38.6 Å². The number of fused-ring (bicyclic) bond motifs is 6. The van der Waals surface area contributed by atoms with Crippen molar-refractivity contribution in [2.45, 2.75) is 6.54 Å². The van der Waals surface area contributed by atoms with Gasteiger partial charge >= 0.3 is 0 Å². The molecule has 6 nitrogen and oxygen atoms in total. The van der Waals surface area contributed by atoms with Gasteiger partial charge in [-0.15, -0.1) is 0 Å². The van der Waals surface area contributed by atoms with Gasteiger partial charge in [0, 0.05) is 21.8 Å². The second-order valence-corrected chi connectivity index (χ2v) is 6.90. The number of hydrogen-bond donors (Lipinski definition) is 2. The Balaban J connectivity index is 1.62. The van der Waals surface area contributed by atoms with Gasteiger partial charge < -0.3 is 14.7 Å². The van der Waals surface area contributed by atoms with Gasteiger partial charge in [0.25, 0.3) is 0 Å². The van der Waals surface area contributed by atoms with Crippen molar-refractivity contribution < 1.29 is 4.74 Å². The molecule has 136 valence electrons. The fourth-order valence-corrected chi connectivity index (χ4v) is 4.03. The van der Waals surface area contributed by atoms with Gasteiger partial charge in [-0.1, -0.05) is 36.4 Å². The van der Waals surface area contributed by atoms with E-state index in [1.165, 1.54) is 17.1 Å². The molecule has 3 aromatic heterocycles. The predicted molar refractivity (Wildman–Crippen MR) is 111 cm³/mol. The number of rotatable bonds is 4. The number of aromatic nitrogens is 5. The number of aromatic amines is 2. The average molecular weight is 367 g/mol. The lowest BCUT2D eigenvalue weighted by molar-refractivity contribution is 0.297. The second-order valence-electron chi connectivity index (χ2n) is 6.90. The Labute approximate surface area is 159 Å². The van der Waals surface area contributed by atoms with Crippen LogP contribution in [0.4, 0.5) is 0 Å². The third-order valence-corrected chi connectivity index (χ3v) is 5.25. The molecule has 2 N–H and O–H groups in total. The lowest BCUT2D eigenvalue weighted by Crippen LogP contribution is -2.08. The lowest BCUT2D eigenvalue weighted by Gasteiger charge is -2.10. The molecule has 3 heterocycles. The lowest BCUT2D eigenvalue weighted by atomic mass is 10.1. The van der Waals surface area contributed by atoms with Crippen molar-refractivity contribution in [3.05, 3.63) is 67.3 Å². The summed E-state index contributed by atoms with van der Waals surface area (Å²) < 4.78 is 8.19. The zero-order chi connectivity index (χ0) is 18.5. The third kappa shape index (κ3) is 2.21. The summed E-state index contributed by atoms with van der Waals surface area (Å²) in [7, 11) is 0. The molecular formula is C22H17N5O. The molecule has 0 bridgehead atoms. The summed E-state index contributed by atoms with van der Waals surface area (Å²) in [6, 6.07) is 18.9. The number of benzene rings is 3. The molecule has 0 aliphatic heterocycles. The maximum atomic E-state index is 6.41. The van der Waals surface area contributed by atoms with Crippen molar-refractivity contribution >= 4 is 43.6 Å². The molecule has 3 aromatic carbocycles. The van der Waals surface area contributed by atoms with Crippen LogP contribution >= 0.6 is 0 Å². The van der Waals surface area contributed by atoms with Crippen LogP contribution < -0.4 is 4.74 Å². The van der Waals surface area contributed by atoms with Gasteiger partial charge in [0.15, 0.2) is 0 Å². The molecule has 6 heteroatoms. The van der Waals surface area contributed by atoms with E-state index in [4.69, 9.17) is 4.74 Å². The van der Waals surface area contributed by atoms with Gasteiger partial charge in [0.05, 0.1) is 28.4 Å². The molecule has 6 aromatic rings. The highest BCUT2D eigenvalue weighted by atomic mass is 16.5. The summed E-state index contributed by atoms with van der Waals surface area (Å²) >= 11 is 0. The summed E-state index contributed by atoms with van der Waals surface area (Å²) in [6.45, 7) is 1.15. The number of ether oxygens (including phenoxy) is 1. The van der Waals surface area contributed by atoms with Gasteiger partial charge in [0.2, 0.25) is 0 Å². The molecule has 0 spiro atoms. The van der Waals surface area contributed by atoms with Crippen molar-refractivity contribution in [3.8, 4) is 5.75 Å². The zero-order valence-corrected chi connectivity index (χ0v) is 15.0. The molecule has 0 amide bonds. The fourth-order valence-electron chi connectivity index (χ4n) is 4.03. The van der Waals surface area contributed by atoms with Gasteiger partial charge in [-0.25, -0.2) is 9.67 Å². The normalized spacial score (nSPS) is 11.9. The Morgan fingerprint density at radius 3 is 2.07 bits per heavy atom. The van der Waals surface area contributed by atoms with E-state index in [-0.39, 0.29) is 0 Å². The van der Waals surface area contributed by atoms with Crippen molar-refractivity contribution in [2.24, 2.45) is 0 Å². The minimum atomic E-state index is 0.511. The Hall–Kier alpha value is -3.80. The molecule has 0 unspecified atom stereocenters. The Morgan fingerprint density at radius 1 is 0.821 bits per heavy atom. The van der Waals surface area contributed by atoms with Crippen LogP contribution in [0.5, 0.6) is 5.75 Å². The first-order valence-corrected chi connectivity index (χ1v) is 9.27. The van der Waals surface area contributed by atoms with Gasteiger partial charge in [-0.2, -0.15) is 5.10 Å². The maximum absolute atomic E-state index is 6.41. The fraction of sp³-hybridized carbons (Fsp3) is 0.0909. The number of nitrogens with one attached hydrogen (secondary N) is 2. The molecular weight excluding hydrogens is 350 g/mol. The molecule has 0 aliphatic carbocycles. The van der Waals surface area contributed by atoms with E-state index >= 15 is 0 Å². The largest absolute Gasteiger partial charge is 0.490 e. The van der Waals surface area contributed by atoms with Crippen LogP contribution in [0.2, 0.25) is 0 Å². The monoisotopic (exact) mass is 367 g/mol. The van der Waals surface area contributed by atoms with Crippen molar-refractivity contribution in [1.29, 1.82) is 0 Å². The Kier molecular flexibility index (Phi) is 3.19. The molecule has 0 atom stereocenters. The zero-order valence-electron chi connectivity index (χ0n) is 15.0. The summed E-state index contributed by atoms with van der Waals surface area (Å²) in [6.07, 6.45) is 3.25. The SMILES string of the molecule is c1ccc2c(c1)[nH]c1cc3[nH]c4ccccc4c3c(OCCn3cncn3)c12. The number of hydrogen-bond acceptors (Lipinski definition) is 3. The smallest absolute Gasteiger partial charge is 0.139 e. The van der Waals surface area contributed by atoms with E-state index < -0.39 is 0 Å². The molecule has 0 saturated heterocycles.